The lowest BCUT2D eigenvalue weighted by Gasteiger charge is -2.30. The van der Waals surface area contributed by atoms with Crippen LogP contribution >= 0.6 is 12.4 Å². The molecule has 0 amide bonds. The molecule has 0 bridgehead atoms. The van der Waals surface area contributed by atoms with E-state index in [0.717, 1.165) is 30.5 Å². The Kier molecular flexibility index (Phi) is 4.99. The Hall–Kier alpha value is -2.77. The van der Waals surface area contributed by atoms with Gasteiger partial charge in [-0.25, -0.2) is 4.79 Å². The van der Waals surface area contributed by atoms with E-state index in [1.165, 1.54) is 18.2 Å². The van der Waals surface area contributed by atoms with Crippen LogP contribution in [0.1, 0.15) is 22.5 Å². The number of carboxylic acid groups (broad SMARTS) is 1. The number of aromatic carboxylic acids is 1. The highest BCUT2D eigenvalue weighted by molar-refractivity contribution is 5.91. The van der Waals surface area contributed by atoms with Gasteiger partial charge in [0.1, 0.15) is 5.75 Å². The first-order chi connectivity index (χ1) is 12.4. The number of benzene rings is 1. The van der Waals surface area contributed by atoms with Crippen LogP contribution in [0.15, 0.2) is 35.1 Å². The first kappa shape index (κ1) is 19.0. The average molecular weight is 390 g/mol. The van der Waals surface area contributed by atoms with E-state index < -0.39 is 22.8 Å². The number of rotatable bonds is 4. The quantitative estimate of drug-likeness (QED) is 0.637. The van der Waals surface area contributed by atoms with E-state index in [1.807, 2.05) is 25.2 Å². The van der Waals surface area contributed by atoms with Gasteiger partial charge in [0, 0.05) is 36.3 Å². The number of likely N-dealkylation sites (tertiary alicyclic amines) is 1. The van der Waals surface area contributed by atoms with Gasteiger partial charge in [0.25, 0.3) is 5.56 Å². The largest absolute Gasteiger partial charge is 0.507 e. The summed E-state index contributed by atoms with van der Waals surface area (Å²) in [7, 11) is 2.03. The molecule has 4 rings (SSSR count). The summed E-state index contributed by atoms with van der Waals surface area (Å²) >= 11 is 0. The highest BCUT2D eigenvalue weighted by Crippen LogP contribution is 2.28. The minimum Gasteiger partial charge on any atom is -0.507 e. The summed E-state index contributed by atoms with van der Waals surface area (Å²) in [5.74, 6) is -1.99. The molecule has 0 radical (unpaired) electrons. The predicted molar refractivity (Wildman–Crippen MR) is 105 cm³/mol. The molecule has 1 aromatic carbocycles. The molecule has 3 aromatic rings. The molecule has 7 nitrogen and oxygen atoms in total. The van der Waals surface area contributed by atoms with E-state index in [2.05, 4.69) is 20.5 Å². The lowest BCUT2D eigenvalue weighted by atomic mass is 10.1. The molecule has 1 fully saturated rings. The van der Waals surface area contributed by atoms with Gasteiger partial charge in [0.05, 0.1) is 5.69 Å². The maximum Gasteiger partial charge on any atom is 0.345 e. The van der Waals surface area contributed by atoms with Gasteiger partial charge in [-0.1, -0.05) is 6.07 Å². The van der Waals surface area contributed by atoms with Crippen LogP contribution in [0.25, 0.3) is 22.2 Å². The molecule has 0 atom stereocenters. The van der Waals surface area contributed by atoms with Gasteiger partial charge in [0.15, 0.2) is 5.56 Å². The van der Waals surface area contributed by atoms with E-state index in [4.69, 9.17) is 5.11 Å². The van der Waals surface area contributed by atoms with Gasteiger partial charge in [-0.2, -0.15) is 0 Å². The number of H-pyrrole nitrogens is 1. The van der Waals surface area contributed by atoms with E-state index in [1.54, 1.807) is 0 Å². The number of fused-ring (bicyclic) bond motifs is 1. The molecule has 0 unspecified atom stereocenters. The number of nitrogens with zero attached hydrogens (tertiary/aromatic N) is 2. The predicted octanol–water partition coefficient (Wildman–Crippen LogP) is 2.56. The molecule has 0 spiro atoms. The minimum atomic E-state index is -1.45. The smallest absolute Gasteiger partial charge is 0.345 e. The molecule has 27 heavy (non-hydrogen) atoms. The van der Waals surface area contributed by atoms with Crippen LogP contribution in [0.4, 0.5) is 0 Å². The number of carbonyl (C=O) groups is 1. The second-order valence-corrected chi connectivity index (χ2v) is 6.68. The number of pyridine rings is 1. The molecule has 0 aliphatic carbocycles. The monoisotopic (exact) mass is 389 g/mol. The fourth-order valence-electron chi connectivity index (χ4n) is 3.40. The van der Waals surface area contributed by atoms with Crippen molar-refractivity contribution in [3.05, 3.63) is 51.9 Å². The number of hydrogen-bond donors (Lipinski definition) is 3. The topological polar surface area (TPSA) is 98.6 Å². The summed E-state index contributed by atoms with van der Waals surface area (Å²) in [5, 5.41) is 19.9. The molecular formula is C19H20ClN3O4. The molecule has 142 valence electrons. The van der Waals surface area contributed by atoms with Crippen molar-refractivity contribution in [1.82, 2.24) is 14.5 Å². The normalized spacial score (nSPS) is 14.0. The maximum atomic E-state index is 12.0. The molecule has 2 aromatic heterocycles. The van der Waals surface area contributed by atoms with Crippen LogP contribution in [-0.4, -0.2) is 43.7 Å². The molecular weight excluding hydrogens is 370 g/mol. The number of hydrogen-bond acceptors (Lipinski definition) is 4. The number of carboxylic acids is 1. The zero-order valence-electron chi connectivity index (χ0n) is 14.7. The van der Waals surface area contributed by atoms with Gasteiger partial charge in [0.2, 0.25) is 0 Å². The first-order valence-electron chi connectivity index (χ1n) is 8.44. The van der Waals surface area contributed by atoms with Crippen molar-refractivity contribution in [3.8, 4) is 17.0 Å². The summed E-state index contributed by atoms with van der Waals surface area (Å²) in [4.78, 5) is 27.9. The number of aromatic hydroxyl groups is 1. The summed E-state index contributed by atoms with van der Waals surface area (Å²) in [6, 6.07) is 9.14. The highest BCUT2D eigenvalue weighted by atomic mass is 35.5. The number of aromatic nitrogens is 2. The van der Waals surface area contributed by atoms with Gasteiger partial charge in [-0.15, -0.1) is 12.4 Å². The summed E-state index contributed by atoms with van der Waals surface area (Å²) in [5.41, 5.74) is 1.92. The van der Waals surface area contributed by atoms with E-state index >= 15 is 0 Å². The Morgan fingerprint density at radius 2 is 1.96 bits per heavy atom. The number of halogens is 1. The van der Waals surface area contributed by atoms with Crippen molar-refractivity contribution in [2.75, 3.05) is 13.1 Å². The molecule has 1 aliphatic heterocycles. The standard InChI is InChI=1S/C19H19N3O4.ClH/c1-21-13(10-22-5-2-6-22)8-12-7-11(3-4-15(12)21)14-9-16(23)17(19(25)26)18(24)20-14;/h3-4,7-9H,2,5-6,10H2,1H3,(H,25,26)(H2,20,23,24);1H. The van der Waals surface area contributed by atoms with Gasteiger partial charge >= 0.3 is 5.97 Å². The van der Waals surface area contributed by atoms with Crippen LogP contribution in [0, 0.1) is 0 Å². The van der Waals surface area contributed by atoms with Crippen LogP contribution in [0.2, 0.25) is 0 Å². The van der Waals surface area contributed by atoms with E-state index in [9.17, 15) is 14.7 Å². The fraction of sp³-hybridized carbons (Fsp3) is 0.263. The Labute approximate surface area is 161 Å². The van der Waals surface area contributed by atoms with Crippen LogP contribution in [0.5, 0.6) is 5.75 Å². The Balaban J connectivity index is 0.00000210. The minimum absolute atomic E-state index is 0. The van der Waals surface area contributed by atoms with E-state index in [0.29, 0.717) is 11.3 Å². The van der Waals surface area contributed by atoms with Gasteiger partial charge in [-0.3, -0.25) is 9.69 Å². The first-order valence-corrected chi connectivity index (χ1v) is 8.44. The third kappa shape index (κ3) is 3.31. The second kappa shape index (κ2) is 7.09. The third-order valence-electron chi connectivity index (χ3n) is 5.01. The highest BCUT2D eigenvalue weighted by Gasteiger charge is 2.18. The summed E-state index contributed by atoms with van der Waals surface area (Å²) in [6.45, 7) is 3.16. The van der Waals surface area contributed by atoms with Crippen molar-refractivity contribution in [2.24, 2.45) is 7.05 Å². The zero-order valence-corrected chi connectivity index (χ0v) is 15.5. The number of nitrogens with one attached hydrogen (secondary N) is 1. The summed E-state index contributed by atoms with van der Waals surface area (Å²) < 4.78 is 2.16. The molecule has 1 aliphatic rings. The van der Waals surface area contributed by atoms with Crippen LogP contribution in [0.3, 0.4) is 0 Å². The van der Waals surface area contributed by atoms with Crippen molar-refractivity contribution in [2.45, 2.75) is 13.0 Å². The zero-order chi connectivity index (χ0) is 18.4. The Morgan fingerprint density at radius 3 is 2.56 bits per heavy atom. The molecule has 0 saturated carbocycles. The SMILES string of the molecule is Cl.Cn1c(CN2CCC2)cc2cc(-c3cc(O)c(C(=O)O)c(=O)[nH]3)ccc21. The maximum absolute atomic E-state index is 12.0. The van der Waals surface area contributed by atoms with Crippen LogP contribution in [-0.2, 0) is 13.6 Å². The van der Waals surface area contributed by atoms with Crippen molar-refractivity contribution in [3.63, 3.8) is 0 Å². The number of aryl methyl sites for hydroxylation is 1. The average Bonchev–Trinajstić information content (AvgIpc) is 2.85. The van der Waals surface area contributed by atoms with Crippen molar-refractivity contribution >= 4 is 29.3 Å². The number of aromatic amines is 1. The lowest BCUT2D eigenvalue weighted by Crippen LogP contribution is -2.36. The van der Waals surface area contributed by atoms with Gasteiger partial charge in [-0.05, 0) is 43.3 Å². The van der Waals surface area contributed by atoms with Crippen molar-refractivity contribution < 1.29 is 15.0 Å². The molecule has 3 N–H and O–H groups in total. The Morgan fingerprint density at radius 1 is 1.22 bits per heavy atom. The second-order valence-electron chi connectivity index (χ2n) is 6.68. The lowest BCUT2D eigenvalue weighted by molar-refractivity contribution is 0.0691. The van der Waals surface area contributed by atoms with Crippen molar-refractivity contribution in [1.29, 1.82) is 0 Å². The van der Waals surface area contributed by atoms with E-state index in [-0.39, 0.29) is 12.4 Å². The Bertz CT molecular complexity index is 1080. The van der Waals surface area contributed by atoms with Crippen LogP contribution < -0.4 is 5.56 Å². The molecule has 8 heteroatoms. The molecule has 1 saturated heterocycles. The van der Waals surface area contributed by atoms with Gasteiger partial charge < -0.3 is 19.8 Å². The third-order valence-corrected chi connectivity index (χ3v) is 5.01. The fourth-order valence-corrected chi connectivity index (χ4v) is 3.40. The molecule has 3 heterocycles. The summed E-state index contributed by atoms with van der Waals surface area (Å²) in [6.07, 6.45) is 1.25.